The molecule has 0 spiro atoms. The van der Waals surface area contributed by atoms with Gasteiger partial charge in [-0.1, -0.05) is 53.0 Å². The molecule has 1 N–H and O–H groups in total. The Morgan fingerprint density at radius 3 is 2.45 bits per heavy atom. The number of carbonyl (C=O) groups excluding carboxylic acids is 1. The Hall–Kier alpha value is -1.52. The van der Waals surface area contributed by atoms with Crippen molar-refractivity contribution < 1.29 is 4.79 Å². The molecule has 0 aliphatic carbocycles. The lowest BCUT2D eigenvalue weighted by Gasteiger charge is -2.19. The SMILES string of the molecule is Cc1ccc(C(NC(=O)C(Cl)Cl)c2nccn2C)cc1. The summed E-state index contributed by atoms with van der Waals surface area (Å²) < 4.78 is 1.85. The van der Waals surface area contributed by atoms with Crippen LogP contribution in [0.25, 0.3) is 0 Å². The largest absolute Gasteiger partial charge is 0.340 e. The summed E-state index contributed by atoms with van der Waals surface area (Å²) in [5.74, 6) is 0.276. The van der Waals surface area contributed by atoms with Gasteiger partial charge in [-0.3, -0.25) is 4.79 Å². The van der Waals surface area contributed by atoms with Crippen LogP contribution in [-0.2, 0) is 11.8 Å². The Morgan fingerprint density at radius 2 is 1.95 bits per heavy atom. The van der Waals surface area contributed by atoms with Gasteiger partial charge in [-0.2, -0.15) is 0 Å². The molecule has 0 fully saturated rings. The van der Waals surface area contributed by atoms with Gasteiger partial charge in [0.25, 0.3) is 5.91 Å². The molecule has 2 rings (SSSR count). The van der Waals surface area contributed by atoms with Crippen LogP contribution >= 0.6 is 23.2 Å². The fourth-order valence-electron chi connectivity index (χ4n) is 1.92. The minimum atomic E-state index is -1.11. The average molecular weight is 312 g/mol. The molecule has 1 atom stereocenters. The molecule has 6 heteroatoms. The Bertz CT molecular complexity index is 593. The third kappa shape index (κ3) is 3.32. The van der Waals surface area contributed by atoms with E-state index in [0.717, 1.165) is 17.0 Å². The van der Waals surface area contributed by atoms with Gasteiger partial charge in [-0.15, -0.1) is 0 Å². The first kappa shape index (κ1) is 14.9. The number of imidazole rings is 1. The van der Waals surface area contributed by atoms with Crippen molar-refractivity contribution in [2.24, 2.45) is 7.05 Å². The summed E-state index contributed by atoms with van der Waals surface area (Å²) in [6.07, 6.45) is 3.50. The van der Waals surface area contributed by atoms with Crippen LogP contribution in [0.1, 0.15) is 23.0 Å². The Kier molecular flexibility index (Phi) is 4.68. The normalized spacial score (nSPS) is 12.4. The lowest BCUT2D eigenvalue weighted by Crippen LogP contribution is -2.34. The predicted molar refractivity (Wildman–Crippen MR) is 79.9 cm³/mol. The fourth-order valence-corrected chi connectivity index (χ4v) is 2.04. The number of nitrogens with one attached hydrogen (secondary N) is 1. The highest BCUT2D eigenvalue weighted by Crippen LogP contribution is 2.21. The zero-order chi connectivity index (χ0) is 14.7. The molecule has 0 aliphatic rings. The third-order valence-corrected chi connectivity index (χ3v) is 3.41. The van der Waals surface area contributed by atoms with Gasteiger partial charge in [0, 0.05) is 19.4 Å². The summed E-state index contributed by atoms with van der Waals surface area (Å²) in [5, 5.41) is 2.81. The molecular formula is C14H15Cl2N3O. The van der Waals surface area contributed by atoms with Crippen LogP contribution in [-0.4, -0.2) is 20.3 Å². The number of hydrogen-bond acceptors (Lipinski definition) is 2. The van der Waals surface area contributed by atoms with E-state index in [4.69, 9.17) is 23.2 Å². The lowest BCUT2D eigenvalue weighted by atomic mass is 10.0. The minimum absolute atomic E-state index is 0.386. The second-order valence-corrected chi connectivity index (χ2v) is 5.65. The second kappa shape index (κ2) is 6.29. The van der Waals surface area contributed by atoms with Crippen LogP contribution in [0, 0.1) is 6.92 Å². The molecule has 0 aliphatic heterocycles. The van der Waals surface area contributed by atoms with Crippen molar-refractivity contribution in [3.8, 4) is 0 Å². The standard InChI is InChI=1S/C14H15Cl2N3O/c1-9-3-5-10(6-4-9)11(18-14(20)12(15)16)13-17-7-8-19(13)2/h3-8,11-12H,1-2H3,(H,18,20). The van der Waals surface area contributed by atoms with Gasteiger partial charge in [-0.05, 0) is 12.5 Å². The minimum Gasteiger partial charge on any atom is -0.340 e. The Morgan fingerprint density at radius 1 is 1.30 bits per heavy atom. The van der Waals surface area contributed by atoms with E-state index in [0.29, 0.717) is 0 Å². The number of rotatable bonds is 4. The molecule has 1 heterocycles. The number of carbonyl (C=O) groups is 1. The molecule has 2 aromatic rings. The van der Waals surface area contributed by atoms with Gasteiger partial charge in [-0.25, -0.2) is 4.98 Å². The molecule has 106 valence electrons. The number of aryl methyl sites for hydroxylation is 2. The molecule has 0 saturated carbocycles. The van der Waals surface area contributed by atoms with E-state index in [2.05, 4.69) is 10.3 Å². The number of benzene rings is 1. The van der Waals surface area contributed by atoms with Crippen LogP contribution < -0.4 is 5.32 Å². The van der Waals surface area contributed by atoms with Crippen molar-refractivity contribution in [3.05, 3.63) is 53.6 Å². The smallest absolute Gasteiger partial charge is 0.254 e. The van der Waals surface area contributed by atoms with Crippen molar-refractivity contribution in [1.82, 2.24) is 14.9 Å². The van der Waals surface area contributed by atoms with Gasteiger partial charge in [0.1, 0.15) is 11.9 Å². The van der Waals surface area contributed by atoms with E-state index in [-0.39, 0.29) is 6.04 Å². The van der Waals surface area contributed by atoms with Crippen molar-refractivity contribution in [2.45, 2.75) is 17.8 Å². The van der Waals surface area contributed by atoms with Crippen molar-refractivity contribution in [2.75, 3.05) is 0 Å². The van der Waals surface area contributed by atoms with E-state index in [9.17, 15) is 4.79 Å². The third-order valence-electron chi connectivity index (χ3n) is 3.01. The Labute approximate surface area is 127 Å². The van der Waals surface area contributed by atoms with Crippen LogP contribution in [0.3, 0.4) is 0 Å². The van der Waals surface area contributed by atoms with Crippen molar-refractivity contribution in [3.63, 3.8) is 0 Å². The first-order valence-corrected chi connectivity index (χ1v) is 6.98. The average Bonchev–Trinajstić information content (AvgIpc) is 2.83. The number of aromatic nitrogens is 2. The summed E-state index contributed by atoms with van der Waals surface area (Å²) in [6.45, 7) is 2.01. The zero-order valence-corrected chi connectivity index (χ0v) is 12.7. The molecule has 4 nitrogen and oxygen atoms in total. The summed E-state index contributed by atoms with van der Waals surface area (Å²) in [4.78, 5) is 15.0. The molecule has 20 heavy (non-hydrogen) atoms. The van der Waals surface area contributed by atoms with Crippen LogP contribution in [0.5, 0.6) is 0 Å². The van der Waals surface area contributed by atoms with Crippen molar-refractivity contribution >= 4 is 29.1 Å². The maximum atomic E-state index is 11.8. The van der Waals surface area contributed by atoms with E-state index < -0.39 is 10.7 Å². The molecule has 1 aromatic carbocycles. The summed E-state index contributed by atoms with van der Waals surface area (Å²) in [7, 11) is 1.87. The number of alkyl halides is 2. The lowest BCUT2D eigenvalue weighted by molar-refractivity contribution is -0.120. The highest BCUT2D eigenvalue weighted by atomic mass is 35.5. The van der Waals surface area contributed by atoms with Gasteiger partial charge in [0.15, 0.2) is 4.84 Å². The maximum Gasteiger partial charge on any atom is 0.254 e. The van der Waals surface area contributed by atoms with Crippen LogP contribution in [0.15, 0.2) is 36.7 Å². The molecule has 0 saturated heterocycles. The topological polar surface area (TPSA) is 46.9 Å². The van der Waals surface area contributed by atoms with Crippen molar-refractivity contribution in [1.29, 1.82) is 0 Å². The first-order chi connectivity index (χ1) is 9.49. The molecule has 0 radical (unpaired) electrons. The van der Waals surface area contributed by atoms with Crippen LogP contribution in [0.4, 0.5) is 0 Å². The van der Waals surface area contributed by atoms with E-state index in [1.807, 2.05) is 49.0 Å². The number of halogens is 2. The maximum absolute atomic E-state index is 11.8. The molecule has 0 bridgehead atoms. The molecule has 1 unspecified atom stereocenters. The summed E-state index contributed by atoms with van der Waals surface area (Å²) in [5.41, 5.74) is 2.07. The predicted octanol–water partition coefficient (Wildman–Crippen LogP) is 2.74. The highest BCUT2D eigenvalue weighted by Gasteiger charge is 2.23. The first-order valence-electron chi connectivity index (χ1n) is 6.11. The summed E-state index contributed by atoms with van der Waals surface area (Å²) in [6, 6.07) is 7.48. The molecule has 1 amide bonds. The fraction of sp³-hybridized carbons (Fsp3) is 0.286. The number of nitrogens with zero attached hydrogens (tertiary/aromatic N) is 2. The van der Waals surface area contributed by atoms with Gasteiger partial charge >= 0.3 is 0 Å². The molecule has 1 aromatic heterocycles. The monoisotopic (exact) mass is 311 g/mol. The van der Waals surface area contributed by atoms with E-state index in [1.54, 1.807) is 6.20 Å². The van der Waals surface area contributed by atoms with Gasteiger partial charge in [0.05, 0.1) is 0 Å². The quantitative estimate of drug-likeness (QED) is 0.883. The van der Waals surface area contributed by atoms with Crippen LogP contribution in [0.2, 0.25) is 0 Å². The molecular weight excluding hydrogens is 297 g/mol. The number of hydrogen-bond donors (Lipinski definition) is 1. The van der Waals surface area contributed by atoms with E-state index in [1.165, 1.54) is 0 Å². The van der Waals surface area contributed by atoms with Gasteiger partial charge in [0.2, 0.25) is 0 Å². The summed E-state index contributed by atoms with van der Waals surface area (Å²) >= 11 is 11.2. The number of amides is 1. The van der Waals surface area contributed by atoms with Gasteiger partial charge < -0.3 is 9.88 Å². The van der Waals surface area contributed by atoms with E-state index >= 15 is 0 Å². The second-order valence-electron chi connectivity index (χ2n) is 4.55. The zero-order valence-electron chi connectivity index (χ0n) is 11.2. The highest BCUT2D eigenvalue weighted by molar-refractivity contribution is 6.53. The Balaban J connectivity index is 2.36.